The van der Waals surface area contributed by atoms with E-state index in [2.05, 4.69) is 10.6 Å². The maximum atomic E-state index is 13.3. The Morgan fingerprint density at radius 3 is 2.30 bits per heavy atom. The number of carbonyl (C=O) groups is 2. The van der Waals surface area contributed by atoms with Crippen molar-refractivity contribution in [2.24, 2.45) is 5.73 Å². The highest BCUT2D eigenvalue weighted by molar-refractivity contribution is 7.99. The van der Waals surface area contributed by atoms with E-state index in [4.69, 9.17) is 10.5 Å². The highest BCUT2D eigenvalue weighted by Crippen LogP contribution is 2.36. The minimum absolute atomic E-state index is 0. The van der Waals surface area contributed by atoms with Gasteiger partial charge < -0.3 is 21.1 Å². The smallest absolute Gasteiger partial charge is 0.269 e. The average Bonchev–Trinajstić information content (AvgIpc) is 2.79. The number of amides is 2. The number of nitrogens with two attached hydrogens (primary N) is 1. The summed E-state index contributed by atoms with van der Waals surface area (Å²) in [5, 5.41) is 16.4. The van der Waals surface area contributed by atoms with E-state index >= 15 is 0 Å². The largest absolute Gasteiger partial charge is 0.495 e. The van der Waals surface area contributed by atoms with Crippen LogP contribution in [0.2, 0.25) is 0 Å². The first-order valence-corrected chi connectivity index (χ1v) is 10.2. The van der Waals surface area contributed by atoms with Crippen molar-refractivity contribution in [3.8, 4) is 5.75 Å². The molecule has 0 atom stereocenters. The van der Waals surface area contributed by atoms with Crippen LogP contribution in [0, 0.1) is 10.1 Å². The first kappa shape index (κ1) is 25.7. The zero-order chi connectivity index (χ0) is 23.1. The number of carbonyl (C=O) groups excluding carboxylic acids is 2. The molecule has 0 fully saturated rings. The van der Waals surface area contributed by atoms with Crippen molar-refractivity contribution in [3.63, 3.8) is 0 Å². The lowest BCUT2D eigenvalue weighted by Crippen LogP contribution is -2.24. The first-order chi connectivity index (χ1) is 15.4. The van der Waals surface area contributed by atoms with E-state index < -0.39 is 16.7 Å². The summed E-state index contributed by atoms with van der Waals surface area (Å²) in [6.07, 6.45) is 0. The Labute approximate surface area is 200 Å². The molecule has 172 valence electrons. The van der Waals surface area contributed by atoms with E-state index in [9.17, 15) is 19.7 Å². The molecule has 0 radical (unpaired) electrons. The zero-order valence-corrected chi connectivity index (χ0v) is 19.1. The molecule has 33 heavy (non-hydrogen) atoms. The lowest BCUT2D eigenvalue weighted by Gasteiger charge is -2.16. The average molecular weight is 489 g/mol. The summed E-state index contributed by atoms with van der Waals surface area (Å²) in [7, 11) is 1.50. The molecule has 0 unspecified atom stereocenters. The molecule has 11 heteroatoms. The molecular formula is C22H21ClN4O5S. The van der Waals surface area contributed by atoms with Gasteiger partial charge in [0, 0.05) is 21.9 Å². The molecule has 0 bridgehead atoms. The third kappa shape index (κ3) is 6.45. The highest BCUT2D eigenvalue weighted by atomic mass is 35.5. The summed E-state index contributed by atoms with van der Waals surface area (Å²) >= 11 is 1.24. The minimum Gasteiger partial charge on any atom is -0.495 e. The van der Waals surface area contributed by atoms with Crippen LogP contribution in [0.5, 0.6) is 5.75 Å². The molecule has 0 saturated carbocycles. The van der Waals surface area contributed by atoms with Gasteiger partial charge in [-0.15, -0.1) is 12.4 Å². The van der Waals surface area contributed by atoms with Crippen LogP contribution in [0.1, 0.15) is 10.4 Å². The predicted molar refractivity (Wildman–Crippen MR) is 130 cm³/mol. The van der Waals surface area contributed by atoms with Gasteiger partial charge >= 0.3 is 0 Å². The number of para-hydroxylation sites is 2. The lowest BCUT2D eigenvalue weighted by molar-refractivity contribution is -0.384. The van der Waals surface area contributed by atoms with Gasteiger partial charge in [-0.2, -0.15) is 0 Å². The van der Waals surface area contributed by atoms with Crippen molar-refractivity contribution in [1.29, 1.82) is 0 Å². The number of anilines is 2. The quantitative estimate of drug-likeness (QED) is 0.317. The van der Waals surface area contributed by atoms with E-state index in [0.717, 1.165) is 0 Å². The fraction of sp³-hybridized carbons (Fsp3) is 0.0909. The molecule has 0 aliphatic heterocycles. The number of nitro benzene ring substituents is 1. The minimum atomic E-state index is -0.483. The van der Waals surface area contributed by atoms with Crippen LogP contribution in [-0.2, 0) is 4.79 Å². The lowest BCUT2D eigenvalue weighted by atomic mass is 10.1. The third-order valence-electron chi connectivity index (χ3n) is 4.34. The summed E-state index contributed by atoms with van der Waals surface area (Å²) in [5.41, 5.74) is 6.36. The number of ether oxygens (including phenoxy) is 1. The van der Waals surface area contributed by atoms with Crippen molar-refractivity contribution in [3.05, 3.63) is 82.4 Å². The number of rotatable bonds is 8. The number of benzene rings is 3. The molecule has 4 N–H and O–H groups in total. The van der Waals surface area contributed by atoms with Crippen LogP contribution in [0.25, 0.3) is 0 Å². The SMILES string of the molecule is COc1ccccc1NC(=O)c1c(NC(=O)CN)cccc1Sc1ccc([N+](=O)[O-])cc1.Cl. The van der Waals surface area contributed by atoms with E-state index in [0.29, 0.717) is 26.9 Å². The van der Waals surface area contributed by atoms with Crippen molar-refractivity contribution in [1.82, 2.24) is 0 Å². The number of nitro groups is 1. The van der Waals surface area contributed by atoms with Crippen molar-refractivity contribution in [2.75, 3.05) is 24.3 Å². The van der Waals surface area contributed by atoms with Crippen molar-refractivity contribution >= 4 is 53.0 Å². The maximum Gasteiger partial charge on any atom is 0.269 e. The van der Waals surface area contributed by atoms with Crippen LogP contribution < -0.4 is 21.1 Å². The Morgan fingerprint density at radius 2 is 1.67 bits per heavy atom. The molecule has 3 aromatic carbocycles. The van der Waals surface area contributed by atoms with Gasteiger partial charge in [0.1, 0.15) is 5.75 Å². The molecule has 0 heterocycles. The second-order valence-electron chi connectivity index (χ2n) is 6.44. The Hall–Kier alpha value is -3.60. The Kier molecular flexibility index (Phi) is 9.22. The molecule has 0 aromatic heterocycles. The van der Waals surface area contributed by atoms with Crippen LogP contribution in [-0.4, -0.2) is 30.4 Å². The summed E-state index contributed by atoms with van der Waals surface area (Å²) < 4.78 is 5.29. The standard InChI is InChI=1S/C22H20N4O5S.ClH/c1-31-18-7-3-2-5-16(18)25-22(28)21-17(24-20(27)13-23)6-4-8-19(21)32-15-11-9-14(10-12-15)26(29)30;/h2-12H,13,23H2,1H3,(H,24,27)(H,25,28);1H. The van der Waals surface area contributed by atoms with Gasteiger partial charge in [-0.3, -0.25) is 19.7 Å². The molecule has 9 nitrogen and oxygen atoms in total. The summed E-state index contributed by atoms with van der Waals surface area (Å²) in [6.45, 7) is -0.243. The third-order valence-corrected chi connectivity index (χ3v) is 5.41. The Balaban J connectivity index is 0.00000385. The molecule has 0 aliphatic rings. The fourth-order valence-electron chi connectivity index (χ4n) is 2.85. The Morgan fingerprint density at radius 1 is 1.00 bits per heavy atom. The van der Waals surface area contributed by atoms with Crippen LogP contribution >= 0.6 is 24.2 Å². The van der Waals surface area contributed by atoms with Gasteiger partial charge in [-0.1, -0.05) is 30.0 Å². The number of hydrogen-bond donors (Lipinski definition) is 3. The van der Waals surface area contributed by atoms with Gasteiger partial charge in [0.25, 0.3) is 11.6 Å². The number of non-ortho nitro benzene ring substituents is 1. The predicted octanol–water partition coefficient (Wildman–Crippen LogP) is 4.33. The molecule has 3 aromatic rings. The summed E-state index contributed by atoms with van der Waals surface area (Å²) in [4.78, 5) is 36.8. The number of methoxy groups -OCH3 is 1. The van der Waals surface area contributed by atoms with Gasteiger partial charge in [-0.05, 0) is 36.4 Å². The number of hydrogen-bond acceptors (Lipinski definition) is 7. The molecule has 0 saturated heterocycles. The fourth-order valence-corrected chi connectivity index (χ4v) is 3.83. The number of nitrogens with zero attached hydrogens (tertiary/aromatic N) is 1. The number of nitrogens with one attached hydrogen (secondary N) is 2. The monoisotopic (exact) mass is 488 g/mol. The van der Waals surface area contributed by atoms with Crippen LogP contribution in [0.4, 0.5) is 17.1 Å². The van der Waals surface area contributed by atoms with Crippen molar-refractivity contribution in [2.45, 2.75) is 9.79 Å². The topological polar surface area (TPSA) is 137 Å². The second kappa shape index (κ2) is 11.9. The zero-order valence-electron chi connectivity index (χ0n) is 17.4. The molecule has 2 amide bonds. The molecule has 0 aliphatic carbocycles. The molecule has 0 spiro atoms. The maximum absolute atomic E-state index is 13.3. The summed E-state index contributed by atoms with van der Waals surface area (Å²) in [5.74, 6) is -0.436. The van der Waals surface area contributed by atoms with E-state index in [1.807, 2.05) is 0 Å². The van der Waals surface area contributed by atoms with Gasteiger partial charge in [0.15, 0.2) is 0 Å². The summed E-state index contributed by atoms with van der Waals surface area (Å²) in [6, 6.07) is 17.9. The van der Waals surface area contributed by atoms with Crippen LogP contribution in [0.3, 0.4) is 0 Å². The van der Waals surface area contributed by atoms with E-state index in [1.54, 1.807) is 54.6 Å². The highest BCUT2D eigenvalue weighted by Gasteiger charge is 2.20. The Bertz CT molecular complexity index is 1160. The van der Waals surface area contributed by atoms with Crippen molar-refractivity contribution < 1.29 is 19.2 Å². The second-order valence-corrected chi connectivity index (χ2v) is 7.55. The first-order valence-electron chi connectivity index (χ1n) is 9.42. The van der Waals surface area contributed by atoms with Gasteiger partial charge in [-0.25, -0.2) is 0 Å². The van der Waals surface area contributed by atoms with Gasteiger partial charge in [0.2, 0.25) is 5.91 Å². The normalized spacial score (nSPS) is 10.0. The van der Waals surface area contributed by atoms with E-state index in [1.165, 1.54) is 31.0 Å². The molecular weight excluding hydrogens is 468 g/mol. The molecule has 3 rings (SSSR count). The van der Waals surface area contributed by atoms with Crippen LogP contribution in [0.15, 0.2) is 76.5 Å². The van der Waals surface area contributed by atoms with Gasteiger partial charge in [0.05, 0.1) is 35.5 Å². The van der Waals surface area contributed by atoms with E-state index in [-0.39, 0.29) is 30.2 Å². The number of halogens is 1.